The second kappa shape index (κ2) is 3.47. The van der Waals surface area contributed by atoms with Crippen molar-refractivity contribution in [3.63, 3.8) is 0 Å². The van der Waals surface area contributed by atoms with Gasteiger partial charge in [-0.05, 0) is 18.9 Å². The zero-order chi connectivity index (χ0) is 9.15. The Morgan fingerprint density at radius 2 is 2.23 bits per heavy atom. The minimum Gasteiger partial charge on any atom is -0.394 e. The molecular formula is C9H14N2O2. The molecule has 0 amide bonds. The molecule has 0 atom stereocenters. The van der Waals surface area contributed by atoms with Gasteiger partial charge in [0, 0.05) is 25.6 Å². The summed E-state index contributed by atoms with van der Waals surface area (Å²) in [6, 6.07) is 1.88. The molecule has 1 aromatic rings. The number of hydrogen-bond donors (Lipinski definition) is 1. The van der Waals surface area contributed by atoms with Gasteiger partial charge in [-0.15, -0.1) is 0 Å². The largest absolute Gasteiger partial charge is 0.394 e. The van der Waals surface area contributed by atoms with Gasteiger partial charge in [-0.1, -0.05) is 0 Å². The van der Waals surface area contributed by atoms with E-state index >= 15 is 0 Å². The number of aliphatic hydroxyl groups is 1. The lowest BCUT2D eigenvalue weighted by Gasteiger charge is -2.35. The SMILES string of the molecule is OCC1(n2cccn2)CCOCC1. The molecule has 1 saturated heterocycles. The highest BCUT2D eigenvalue weighted by Crippen LogP contribution is 2.27. The molecule has 1 aromatic heterocycles. The minimum absolute atomic E-state index is 0.137. The third-order valence-electron chi connectivity index (χ3n) is 2.71. The lowest BCUT2D eigenvalue weighted by Crippen LogP contribution is -2.43. The van der Waals surface area contributed by atoms with Crippen molar-refractivity contribution in [1.29, 1.82) is 0 Å². The van der Waals surface area contributed by atoms with Gasteiger partial charge < -0.3 is 9.84 Å². The summed E-state index contributed by atoms with van der Waals surface area (Å²) in [7, 11) is 0. The molecule has 4 heteroatoms. The van der Waals surface area contributed by atoms with Crippen LogP contribution in [-0.2, 0) is 10.3 Å². The van der Waals surface area contributed by atoms with Gasteiger partial charge in [-0.3, -0.25) is 4.68 Å². The number of nitrogens with zero attached hydrogens (tertiary/aromatic N) is 2. The Hall–Kier alpha value is -0.870. The number of hydrogen-bond acceptors (Lipinski definition) is 3. The van der Waals surface area contributed by atoms with E-state index in [1.807, 2.05) is 16.9 Å². The highest BCUT2D eigenvalue weighted by Gasteiger charge is 2.34. The van der Waals surface area contributed by atoms with Gasteiger partial charge >= 0.3 is 0 Å². The van der Waals surface area contributed by atoms with Crippen molar-refractivity contribution in [3.8, 4) is 0 Å². The second-order valence-electron chi connectivity index (χ2n) is 3.45. The molecule has 13 heavy (non-hydrogen) atoms. The fourth-order valence-corrected chi connectivity index (χ4v) is 1.76. The predicted molar refractivity (Wildman–Crippen MR) is 47.3 cm³/mol. The first-order valence-electron chi connectivity index (χ1n) is 4.56. The van der Waals surface area contributed by atoms with Crippen LogP contribution in [0.3, 0.4) is 0 Å². The maximum Gasteiger partial charge on any atom is 0.0900 e. The third kappa shape index (κ3) is 1.47. The third-order valence-corrected chi connectivity index (χ3v) is 2.71. The summed E-state index contributed by atoms with van der Waals surface area (Å²) in [5, 5.41) is 13.6. The van der Waals surface area contributed by atoms with Crippen LogP contribution in [0.1, 0.15) is 12.8 Å². The molecule has 0 spiro atoms. The molecule has 0 aromatic carbocycles. The number of aromatic nitrogens is 2. The fourth-order valence-electron chi connectivity index (χ4n) is 1.76. The molecule has 1 aliphatic rings. The van der Waals surface area contributed by atoms with Crippen LogP contribution < -0.4 is 0 Å². The molecule has 1 aliphatic heterocycles. The monoisotopic (exact) mass is 182 g/mol. The van der Waals surface area contributed by atoms with Crippen LogP contribution in [0.2, 0.25) is 0 Å². The Morgan fingerprint density at radius 1 is 1.46 bits per heavy atom. The Kier molecular flexibility index (Phi) is 2.33. The Morgan fingerprint density at radius 3 is 2.77 bits per heavy atom. The average Bonchev–Trinajstić information content (AvgIpc) is 2.72. The van der Waals surface area contributed by atoms with Gasteiger partial charge in [0.1, 0.15) is 0 Å². The van der Waals surface area contributed by atoms with Crippen LogP contribution in [0.5, 0.6) is 0 Å². The number of aliphatic hydroxyl groups excluding tert-OH is 1. The molecule has 1 fully saturated rings. The smallest absolute Gasteiger partial charge is 0.0900 e. The first-order valence-corrected chi connectivity index (χ1v) is 4.56. The maximum absolute atomic E-state index is 9.40. The van der Waals surface area contributed by atoms with Crippen LogP contribution in [0.25, 0.3) is 0 Å². The summed E-state index contributed by atoms with van der Waals surface area (Å²) < 4.78 is 7.13. The molecule has 0 bridgehead atoms. The van der Waals surface area contributed by atoms with Crippen LogP contribution in [0.15, 0.2) is 18.5 Å². The normalized spacial score (nSPS) is 21.6. The van der Waals surface area contributed by atoms with Crippen molar-refractivity contribution in [3.05, 3.63) is 18.5 Å². The Bertz CT molecular complexity index is 253. The van der Waals surface area contributed by atoms with Crippen molar-refractivity contribution in [1.82, 2.24) is 9.78 Å². The van der Waals surface area contributed by atoms with Gasteiger partial charge in [0.2, 0.25) is 0 Å². The van der Waals surface area contributed by atoms with E-state index in [9.17, 15) is 5.11 Å². The van der Waals surface area contributed by atoms with Gasteiger partial charge in [-0.25, -0.2) is 0 Å². The average molecular weight is 182 g/mol. The summed E-state index contributed by atoms with van der Waals surface area (Å²) in [5.74, 6) is 0. The zero-order valence-electron chi connectivity index (χ0n) is 7.52. The summed E-state index contributed by atoms with van der Waals surface area (Å²) in [6.45, 7) is 1.55. The van der Waals surface area contributed by atoms with E-state index < -0.39 is 0 Å². The molecule has 1 N–H and O–H groups in total. The summed E-state index contributed by atoms with van der Waals surface area (Å²) in [5.41, 5.74) is -0.220. The van der Waals surface area contributed by atoms with Crippen molar-refractivity contribution in [2.24, 2.45) is 0 Å². The molecule has 2 rings (SSSR count). The molecule has 0 aliphatic carbocycles. The van der Waals surface area contributed by atoms with E-state index in [0.717, 1.165) is 12.8 Å². The van der Waals surface area contributed by atoms with Crippen molar-refractivity contribution >= 4 is 0 Å². The van der Waals surface area contributed by atoms with Crippen LogP contribution in [-0.4, -0.2) is 34.7 Å². The first-order chi connectivity index (χ1) is 6.37. The Balaban J connectivity index is 2.23. The van der Waals surface area contributed by atoms with Gasteiger partial charge in [0.05, 0.1) is 12.1 Å². The Labute approximate surface area is 77.1 Å². The fraction of sp³-hybridized carbons (Fsp3) is 0.667. The van der Waals surface area contributed by atoms with Crippen LogP contribution >= 0.6 is 0 Å². The van der Waals surface area contributed by atoms with Gasteiger partial charge in [0.25, 0.3) is 0 Å². The van der Waals surface area contributed by atoms with Gasteiger partial charge in [-0.2, -0.15) is 5.10 Å². The van der Waals surface area contributed by atoms with E-state index in [1.54, 1.807) is 6.20 Å². The standard InChI is InChI=1S/C9H14N2O2/c12-8-9(2-6-13-7-3-9)11-5-1-4-10-11/h1,4-5,12H,2-3,6-8H2. The zero-order valence-corrected chi connectivity index (χ0v) is 7.52. The van der Waals surface area contributed by atoms with E-state index in [2.05, 4.69) is 5.10 Å². The van der Waals surface area contributed by atoms with E-state index in [-0.39, 0.29) is 12.1 Å². The second-order valence-corrected chi connectivity index (χ2v) is 3.45. The summed E-state index contributed by atoms with van der Waals surface area (Å²) in [6.07, 6.45) is 5.32. The molecule has 4 nitrogen and oxygen atoms in total. The predicted octanol–water partition coefficient (Wildman–Crippen LogP) is 0.381. The van der Waals surface area contributed by atoms with Gasteiger partial charge in [0.15, 0.2) is 0 Å². The lowest BCUT2D eigenvalue weighted by molar-refractivity contribution is -0.0143. The van der Waals surface area contributed by atoms with Crippen LogP contribution in [0, 0.1) is 0 Å². The lowest BCUT2D eigenvalue weighted by atomic mass is 9.91. The molecular weight excluding hydrogens is 168 g/mol. The molecule has 72 valence electrons. The van der Waals surface area contributed by atoms with E-state index in [4.69, 9.17) is 4.74 Å². The summed E-state index contributed by atoms with van der Waals surface area (Å²) in [4.78, 5) is 0. The quantitative estimate of drug-likeness (QED) is 0.719. The maximum atomic E-state index is 9.40. The number of ether oxygens (including phenoxy) is 1. The topological polar surface area (TPSA) is 47.3 Å². The molecule has 0 saturated carbocycles. The first kappa shape index (κ1) is 8.72. The highest BCUT2D eigenvalue weighted by molar-refractivity contribution is 4.92. The minimum atomic E-state index is -0.220. The van der Waals surface area contributed by atoms with E-state index in [1.165, 1.54) is 0 Å². The van der Waals surface area contributed by atoms with Crippen molar-refractivity contribution in [2.75, 3.05) is 19.8 Å². The molecule has 0 unspecified atom stereocenters. The molecule has 2 heterocycles. The highest BCUT2D eigenvalue weighted by atomic mass is 16.5. The van der Waals surface area contributed by atoms with Crippen LogP contribution in [0.4, 0.5) is 0 Å². The van der Waals surface area contributed by atoms with Crippen molar-refractivity contribution in [2.45, 2.75) is 18.4 Å². The van der Waals surface area contributed by atoms with E-state index in [0.29, 0.717) is 13.2 Å². The summed E-state index contributed by atoms with van der Waals surface area (Å²) >= 11 is 0. The number of rotatable bonds is 2. The molecule has 0 radical (unpaired) electrons. The van der Waals surface area contributed by atoms with Crippen molar-refractivity contribution < 1.29 is 9.84 Å².